The number of carbonyl (C=O) groups is 1. The van der Waals surface area contributed by atoms with Crippen LogP contribution in [0.3, 0.4) is 0 Å². The molecule has 4 aromatic rings. The minimum atomic E-state index is -3.40. The van der Waals surface area contributed by atoms with E-state index in [1.807, 2.05) is 32.3 Å². The van der Waals surface area contributed by atoms with Crippen molar-refractivity contribution in [3.63, 3.8) is 0 Å². The number of fused-ring (bicyclic) bond motifs is 2. The fourth-order valence-corrected chi connectivity index (χ4v) is 5.77. The summed E-state index contributed by atoms with van der Waals surface area (Å²) in [5.74, 6) is 0.0320. The van der Waals surface area contributed by atoms with Crippen LogP contribution in [-0.4, -0.2) is 81.3 Å². The molecule has 1 amide bonds. The molecule has 13 heteroatoms. The third-order valence-corrected chi connectivity index (χ3v) is 8.97. The minimum Gasteiger partial charge on any atom is -0.371 e. The lowest BCUT2D eigenvalue weighted by Gasteiger charge is -2.34. The molecule has 2 aliphatic rings. The number of nitrogens with zero attached hydrogens (tertiary/aromatic N) is 7. The van der Waals surface area contributed by atoms with Crippen molar-refractivity contribution in [3.8, 4) is 0 Å². The SMILES string of the molecule is Cc1cn2cc(NC(=O)c3ccc(N4CCC(NC5CC5)CC4)c4cn(C)nc34)nc2c(CN(C)S(C)(=O)=O)n1. The molecule has 6 rings (SSSR count). The fourth-order valence-electron chi connectivity index (χ4n) is 5.41. The van der Waals surface area contributed by atoms with Crippen LogP contribution >= 0.6 is 0 Å². The summed E-state index contributed by atoms with van der Waals surface area (Å²) >= 11 is 0. The highest BCUT2D eigenvalue weighted by Gasteiger charge is 2.28. The highest BCUT2D eigenvalue weighted by atomic mass is 32.2. The Labute approximate surface area is 233 Å². The quantitative estimate of drug-likeness (QED) is 0.333. The van der Waals surface area contributed by atoms with E-state index >= 15 is 0 Å². The Morgan fingerprint density at radius 1 is 1.07 bits per heavy atom. The van der Waals surface area contributed by atoms with E-state index in [9.17, 15) is 13.2 Å². The zero-order valence-electron chi connectivity index (χ0n) is 23.3. The predicted octanol–water partition coefficient (Wildman–Crippen LogP) is 2.29. The Morgan fingerprint density at radius 3 is 2.50 bits per heavy atom. The summed E-state index contributed by atoms with van der Waals surface area (Å²) in [5, 5.41) is 12.2. The van der Waals surface area contributed by atoms with E-state index in [-0.39, 0.29) is 12.5 Å². The summed E-state index contributed by atoms with van der Waals surface area (Å²) in [4.78, 5) is 24.9. The van der Waals surface area contributed by atoms with E-state index in [2.05, 4.69) is 30.6 Å². The summed E-state index contributed by atoms with van der Waals surface area (Å²) in [6, 6.07) is 5.15. The molecule has 212 valence electrons. The minimum absolute atomic E-state index is 0.0678. The van der Waals surface area contributed by atoms with Crippen LogP contribution in [0.25, 0.3) is 16.6 Å². The smallest absolute Gasteiger partial charge is 0.259 e. The van der Waals surface area contributed by atoms with Crippen molar-refractivity contribution in [1.29, 1.82) is 0 Å². The van der Waals surface area contributed by atoms with Crippen LogP contribution in [0.1, 0.15) is 47.4 Å². The predicted molar refractivity (Wildman–Crippen MR) is 154 cm³/mol. The second kappa shape index (κ2) is 10.1. The number of sulfonamides is 1. The number of hydrogen-bond acceptors (Lipinski definition) is 8. The average molecular weight is 566 g/mol. The van der Waals surface area contributed by atoms with Crippen molar-refractivity contribution in [2.45, 2.75) is 51.2 Å². The van der Waals surface area contributed by atoms with Gasteiger partial charge in [-0.3, -0.25) is 14.5 Å². The molecule has 1 aromatic carbocycles. The van der Waals surface area contributed by atoms with E-state index in [0.717, 1.165) is 43.3 Å². The number of benzene rings is 1. The molecule has 0 bridgehead atoms. The number of anilines is 2. The van der Waals surface area contributed by atoms with Gasteiger partial charge in [0, 0.05) is 62.7 Å². The van der Waals surface area contributed by atoms with Gasteiger partial charge in [0.2, 0.25) is 10.0 Å². The molecule has 1 saturated carbocycles. The number of amides is 1. The van der Waals surface area contributed by atoms with Crippen molar-refractivity contribution < 1.29 is 13.2 Å². The number of carbonyl (C=O) groups excluding carboxylic acids is 1. The van der Waals surface area contributed by atoms with Crippen molar-refractivity contribution in [2.75, 3.05) is 36.6 Å². The number of imidazole rings is 1. The van der Waals surface area contributed by atoms with Gasteiger partial charge in [0.05, 0.1) is 35.9 Å². The maximum atomic E-state index is 13.5. The molecule has 3 aromatic heterocycles. The highest BCUT2D eigenvalue weighted by molar-refractivity contribution is 7.88. The summed E-state index contributed by atoms with van der Waals surface area (Å²) < 4.78 is 28.6. The normalized spacial score (nSPS) is 16.9. The molecule has 1 aliphatic heterocycles. The molecule has 0 radical (unpaired) electrons. The van der Waals surface area contributed by atoms with E-state index in [4.69, 9.17) is 0 Å². The molecule has 4 heterocycles. The van der Waals surface area contributed by atoms with Crippen LogP contribution < -0.4 is 15.5 Å². The Hall–Kier alpha value is -3.55. The summed E-state index contributed by atoms with van der Waals surface area (Å²) in [6.45, 7) is 3.82. The lowest BCUT2D eigenvalue weighted by molar-refractivity contribution is 0.102. The number of aromatic nitrogens is 5. The Kier molecular flexibility index (Phi) is 6.75. The maximum absolute atomic E-state index is 13.5. The lowest BCUT2D eigenvalue weighted by Crippen LogP contribution is -2.43. The van der Waals surface area contributed by atoms with Gasteiger partial charge in [-0.15, -0.1) is 0 Å². The summed E-state index contributed by atoms with van der Waals surface area (Å²) in [6.07, 6.45) is 11.4. The van der Waals surface area contributed by atoms with Gasteiger partial charge in [0.1, 0.15) is 5.52 Å². The average Bonchev–Trinajstić information content (AvgIpc) is 3.47. The first-order valence-electron chi connectivity index (χ1n) is 13.6. The van der Waals surface area contributed by atoms with Crippen molar-refractivity contribution in [2.24, 2.45) is 7.05 Å². The topological polar surface area (TPSA) is 130 Å². The molecule has 0 atom stereocenters. The molecule has 0 spiro atoms. The van der Waals surface area contributed by atoms with Crippen LogP contribution in [0.4, 0.5) is 11.5 Å². The molecule has 40 heavy (non-hydrogen) atoms. The van der Waals surface area contributed by atoms with Crippen molar-refractivity contribution in [3.05, 3.63) is 47.7 Å². The van der Waals surface area contributed by atoms with Gasteiger partial charge in [-0.1, -0.05) is 0 Å². The number of rotatable bonds is 8. The van der Waals surface area contributed by atoms with Crippen LogP contribution in [0.2, 0.25) is 0 Å². The van der Waals surface area contributed by atoms with Crippen molar-refractivity contribution in [1.82, 2.24) is 33.8 Å². The van der Waals surface area contributed by atoms with Gasteiger partial charge >= 0.3 is 0 Å². The maximum Gasteiger partial charge on any atom is 0.259 e. The van der Waals surface area contributed by atoms with Crippen molar-refractivity contribution >= 4 is 44.0 Å². The molecule has 1 aliphatic carbocycles. The number of piperidine rings is 1. The molecular weight excluding hydrogens is 530 g/mol. The van der Waals surface area contributed by atoms with Crippen LogP contribution in [0.15, 0.2) is 30.7 Å². The Balaban J connectivity index is 1.24. The van der Waals surface area contributed by atoms with Gasteiger partial charge in [-0.2, -0.15) is 9.40 Å². The van der Waals surface area contributed by atoms with E-state index in [1.165, 1.54) is 24.2 Å². The molecule has 2 N–H and O–H groups in total. The first kappa shape index (κ1) is 26.7. The third-order valence-electron chi connectivity index (χ3n) is 7.70. The lowest BCUT2D eigenvalue weighted by atomic mass is 10.0. The third kappa shape index (κ3) is 5.40. The summed E-state index contributed by atoms with van der Waals surface area (Å²) in [5.41, 5.74) is 3.90. The zero-order valence-corrected chi connectivity index (χ0v) is 24.1. The number of nitrogens with one attached hydrogen (secondary N) is 2. The molecular formula is C27H35N9O3S. The zero-order chi connectivity index (χ0) is 28.2. The van der Waals surface area contributed by atoms with E-state index < -0.39 is 10.0 Å². The van der Waals surface area contributed by atoms with Crippen LogP contribution in [0.5, 0.6) is 0 Å². The molecule has 12 nitrogen and oxygen atoms in total. The van der Waals surface area contributed by atoms with Crippen LogP contribution in [0, 0.1) is 6.92 Å². The first-order chi connectivity index (χ1) is 19.0. The van der Waals surface area contributed by atoms with Gasteiger partial charge in [-0.25, -0.2) is 13.4 Å². The largest absolute Gasteiger partial charge is 0.371 e. The second-order valence-electron chi connectivity index (χ2n) is 11.1. The number of aryl methyl sites for hydroxylation is 2. The van der Waals surface area contributed by atoms with Gasteiger partial charge < -0.3 is 19.9 Å². The number of hydrogen-bond donors (Lipinski definition) is 2. The standard InChI is InChI=1S/C27H35N9O3S/c1-17-13-36-16-24(30-26(36)22(28-17)15-34(3)40(4,38)39)31-27(37)20-7-8-23(21-14-33(2)32-25(20)21)35-11-9-19(10-12-35)29-18-5-6-18/h7-8,13-14,16,18-19,29H,5-6,9-12,15H2,1-4H3,(H,31,37). The van der Waals surface area contributed by atoms with Gasteiger partial charge in [0.25, 0.3) is 5.91 Å². The highest BCUT2D eigenvalue weighted by Crippen LogP contribution is 2.32. The van der Waals surface area contributed by atoms with E-state index in [1.54, 1.807) is 21.5 Å². The Bertz CT molecular complexity index is 1700. The first-order valence-corrected chi connectivity index (χ1v) is 15.5. The summed E-state index contributed by atoms with van der Waals surface area (Å²) in [7, 11) is -0.0342. The molecule has 1 saturated heterocycles. The monoisotopic (exact) mass is 565 g/mol. The second-order valence-corrected chi connectivity index (χ2v) is 13.1. The van der Waals surface area contributed by atoms with E-state index in [0.29, 0.717) is 46.0 Å². The van der Waals surface area contributed by atoms with Crippen LogP contribution in [-0.2, 0) is 23.6 Å². The van der Waals surface area contributed by atoms with Gasteiger partial charge in [-0.05, 0) is 44.7 Å². The van der Waals surface area contributed by atoms with Gasteiger partial charge in [0.15, 0.2) is 11.5 Å². The fraction of sp³-hybridized carbons (Fsp3) is 0.481. The molecule has 2 fully saturated rings. The Morgan fingerprint density at radius 2 is 1.80 bits per heavy atom. The molecule has 0 unspecified atom stereocenters.